The van der Waals surface area contributed by atoms with Gasteiger partial charge >= 0.3 is 0 Å². The highest BCUT2D eigenvalue weighted by molar-refractivity contribution is 7.87. The molecule has 0 saturated heterocycles. The van der Waals surface area contributed by atoms with Crippen LogP contribution in [0.1, 0.15) is 49.8 Å². The summed E-state index contributed by atoms with van der Waals surface area (Å²) in [7, 11) is -2.13. The molecule has 0 aliphatic heterocycles. The Morgan fingerprint density at radius 3 is 2.26 bits per heavy atom. The molecule has 186 valence electrons. The Morgan fingerprint density at radius 2 is 1.63 bits per heavy atom. The third kappa shape index (κ3) is 6.49. The Morgan fingerprint density at radius 1 is 0.971 bits per heavy atom. The molecule has 0 aromatic heterocycles. The van der Waals surface area contributed by atoms with Crippen molar-refractivity contribution in [2.24, 2.45) is 5.14 Å². The summed E-state index contributed by atoms with van der Waals surface area (Å²) in [5.74, 6) is 0.769. The molecular weight excluding hydrogens is 458 g/mol. The predicted molar refractivity (Wildman–Crippen MR) is 141 cm³/mol. The molecule has 1 fully saturated rings. The largest absolute Gasteiger partial charge is 0.497 e. The van der Waals surface area contributed by atoms with Crippen molar-refractivity contribution in [3.8, 4) is 16.9 Å². The molecule has 3 aromatic rings. The molecule has 0 heterocycles. The molecule has 6 nitrogen and oxygen atoms in total. The zero-order chi connectivity index (χ0) is 24.9. The topological polar surface area (TPSA) is 93.4 Å². The summed E-state index contributed by atoms with van der Waals surface area (Å²) in [4.78, 5) is 0. The van der Waals surface area contributed by atoms with Crippen molar-refractivity contribution < 1.29 is 13.2 Å². The van der Waals surface area contributed by atoms with Gasteiger partial charge in [0.2, 0.25) is 0 Å². The first-order valence-electron chi connectivity index (χ1n) is 12.1. The van der Waals surface area contributed by atoms with Crippen molar-refractivity contribution in [3.05, 3.63) is 90.0 Å². The highest BCUT2D eigenvalue weighted by atomic mass is 32.2. The summed E-state index contributed by atoms with van der Waals surface area (Å²) >= 11 is 0. The third-order valence-electron chi connectivity index (χ3n) is 7.24. The van der Waals surface area contributed by atoms with Gasteiger partial charge < -0.3 is 10.1 Å². The second-order valence-corrected chi connectivity index (χ2v) is 10.9. The minimum absolute atomic E-state index is 0.219. The number of hydrogen-bond acceptors (Lipinski definition) is 4. The Bertz CT molecular complexity index is 1210. The Kier molecular flexibility index (Phi) is 7.91. The summed E-state index contributed by atoms with van der Waals surface area (Å²) in [6.45, 7) is 2.48. The van der Waals surface area contributed by atoms with Gasteiger partial charge in [-0.3, -0.25) is 0 Å². The van der Waals surface area contributed by atoms with Crippen LogP contribution in [0.2, 0.25) is 0 Å². The fourth-order valence-corrected chi connectivity index (χ4v) is 5.62. The van der Waals surface area contributed by atoms with Crippen LogP contribution < -0.4 is 19.9 Å². The molecule has 1 unspecified atom stereocenters. The van der Waals surface area contributed by atoms with Crippen molar-refractivity contribution in [2.75, 3.05) is 13.7 Å². The van der Waals surface area contributed by atoms with Crippen LogP contribution in [0.3, 0.4) is 0 Å². The van der Waals surface area contributed by atoms with Crippen molar-refractivity contribution in [1.82, 2.24) is 10.0 Å². The van der Waals surface area contributed by atoms with Crippen LogP contribution in [0.5, 0.6) is 5.75 Å². The smallest absolute Gasteiger partial charge is 0.274 e. The lowest BCUT2D eigenvalue weighted by Gasteiger charge is -2.41. The summed E-state index contributed by atoms with van der Waals surface area (Å²) in [6, 6.07) is 27.6. The van der Waals surface area contributed by atoms with Gasteiger partial charge in [0.1, 0.15) is 5.75 Å². The predicted octanol–water partition coefficient (Wildman–Crippen LogP) is 4.69. The molecule has 35 heavy (non-hydrogen) atoms. The lowest BCUT2D eigenvalue weighted by atomic mass is 9.68. The molecule has 4 N–H and O–H groups in total. The lowest BCUT2D eigenvalue weighted by Crippen LogP contribution is -2.48. The van der Waals surface area contributed by atoms with Gasteiger partial charge in [0.05, 0.1) is 7.11 Å². The number of nitrogens with one attached hydrogen (secondary N) is 2. The SMILES string of the molecule is COc1cccc(C2(CNS(N)(=O)=O)CCC(NC(C)c3ccc(-c4ccccc4)cc3)CC2)c1. The van der Waals surface area contributed by atoms with E-state index in [4.69, 9.17) is 9.88 Å². The summed E-state index contributed by atoms with van der Waals surface area (Å²) in [6.07, 6.45) is 3.58. The standard InChI is InChI=1S/C28H35N3O3S/c1-21(22-11-13-24(14-12-22)23-7-4-3-5-8-23)31-26-15-17-28(18-16-26,20-30-35(29,32)33)25-9-6-10-27(19-25)34-2/h3-14,19,21,26,30-31H,15-18,20H2,1-2H3,(H2,29,32,33). The average Bonchev–Trinajstić information content (AvgIpc) is 2.88. The van der Waals surface area contributed by atoms with Gasteiger partial charge in [-0.15, -0.1) is 0 Å². The van der Waals surface area contributed by atoms with Crippen LogP contribution in [0.25, 0.3) is 11.1 Å². The van der Waals surface area contributed by atoms with E-state index in [0.29, 0.717) is 6.04 Å². The summed E-state index contributed by atoms with van der Waals surface area (Å²) in [5, 5.41) is 9.07. The van der Waals surface area contributed by atoms with E-state index in [1.54, 1.807) is 7.11 Å². The molecule has 0 spiro atoms. The van der Waals surface area contributed by atoms with Crippen LogP contribution in [-0.2, 0) is 15.6 Å². The maximum absolute atomic E-state index is 11.7. The lowest BCUT2D eigenvalue weighted by molar-refractivity contribution is 0.237. The van der Waals surface area contributed by atoms with E-state index in [0.717, 1.165) is 37.0 Å². The highest BCUT2D eigenvalue weighted by Gasteiger charge is 2.38. The van der Waals surface area contributed by atoms with Crippen LogP contribution in [0.15, 0.2) is 78.9 Å². The van der Waals surface area contributed by atoms with Gasteiger partial charge in [0, 0.05) is 24.0 Å². The molecule has 1 aliphatic carbocycles. The van der Waals surface area contributed by atoms with Gasteiger partial charge in [-0.2, -0.15) is 8.42 Å². The molecule has 1 aliphatic rings. The number of methoxy groups -OCH3 is 1. The zero-order valence-corrected chi connectivity index (χ0v) is 21.2. The molecular formula is C28H35N3O3S. The highest BCUT2D eigenvalue weighted by Crippen LogP contribution is 2.41. The maximum Gasteiger partial charge on any atom is 0.274 e. The summed E-state index contributed by atoms with van der Waals surface area (Å²) in [5.41, 5.74) is 4.44. The molecule has 1 saturated carbocycles. The second kappa shape index (κ2) is 10.9. The first kappa shape index (κ1) is 25.4. The van der Waals surface area contributed by atoms with E-state index in [1.165, 1.54) is 16.7 Å². The minimum Gasteiger partial charge on any atom is -0.497 e. The normalized spacial score (nSPS) is 21.4. The quantitative estimate of drug-likeness (QED) is 0.403. The van der Waals surface area contributed by atoms with Crippen molar-refractivity contribution in [1.29, 1.82) is 0 Å². The molecule has 3 aromatic carbocycles. The maximum atomic E-state index is 11.7. The number of rotatable bonds is 9. The van der Waals surface area contributed by atoms with Crippen molar-refractivity contribution >= 4 is 10.2 Å². The van der Waals surface area contributed by atoms with Crippen molar-refractivity contribution in [2.45, 2.75) is 50.1 Å². The first-order chi connectivity index (χ1) is 16.8. The fraction of sp³-hybridized carbons (Fsp3) is 0.357. The van der Waals surface area contributed by atoms with Crippen LogP contribution >= 0.6 is 0 Å². The minimum atomic E-state index is -3.77. The molecule has 1 atom stereocenters. The van der Waals surface area contributed by atoms with Crippen LogP contribution in [0, 0.1) is 0 Å². The zero-order valence-electron chi connectivity index (χ0n) is 20.4. The Balaban J connectivity index is 1.43. The Labute approximate surface area is 209 Å². The van der Waals surface area contributed by atoms with E-state index in [2.05, 4.69) is 71.6 Å². The van der Waals surface area contributed by atoms with E-state index >= 15 is 0 Å². The first-order valence-corrected chi connectivity index (χ1v) is 13.7. The van der Waals surface area contributed by atoms with E-state index in [-0.39, 0.29) is 18.0 Å². The van der Waals surface area contributed by atoms with Gasteiger partial charge in [-0.1, -0.05) is 66.7 Å². The summed E-state index contributed by atoms with van der Waals surface area (Å²) < 4.78 is 31.3. The third-order valence-corrected chi connectivity index (χ3v) is 7.79. The van der Waals surface area contributed by atoms with Gasteiger partial charge in [-0.25, -0.2) is 9.86 Å². The van der Waals surface area contributed by atoms with Crippen LogP contribution in [-0.4, -0.2) is 28.1 Å². The van der Waals surface area contributed by atoms with Gasteiger partial charge in [0.25, 0.3) is 10.2 Å². The van der Waals surface area contributed by atoms with E-state index in [1.807, 2.05) is 24.3 Å². The molecule has 0 radical (unpaired) electrons. The Hall–Kier alpha value is -2.71. The number of nitrogens with two attached hydrogens (primary N) is 1. The molecule has 7 heteroatoms. The monoisotopic (exact) mass is 493 g/mol. The number of benzene rings is 3. The van der Waals surface area contributed by atoms with Crippen molar-refractivity contribution in [3.63, 3.8) is 0 Å². The number of hydrogen-bond donors (Lipinski definition) is 3. The van der Waals surface area contributed by atoms with E-state index in [9.17, 15) is 8.42 Å². The van der Waals surface area contributed by atoms with Gasteiger partial charge in [-0.05, 0) is 67.0 Å². The molecule has 0 bridgehead atoms. The second-order valence-electron chi connectivity index (χ2n) is 9.53. The number of ether oxygens (including phenoxy) is 1. The van der Waals surface area contributed by atoms with Gasteiger partial charge in [0.15, 0.2) is 0 Å². The average molecular weight is 494 g/mol. The molecule has 4 rings (SSSR count). The fourth-order valence-electron chi connectivity index (χ4n) is 5.14. The molecule has 0 amide bonds. The van der Waals surface area contributed by atoms with E-state index < -0.39 is 10.2 Å². The van der Waals surface area contributed by atoms with Crippen LogP contribution in [0.4, 0.5) is 0 Å².